The van der Waals surface area contributed by atoms with Gasteiger partial charge in [0.15, 0.2) is 5.92 Å². The van der Waals surface area contributed by atoms with Crippen molar-refractivity contribution >= 4 is 17.9 Å². The molecule has 0 radical (unpaired) electrons. The maximum Gasteiger partial charge on any atom is 0.321 e. The molecule has 1 aliphatic heterocycles. The third kappa shape index (κ3) is 2.39. The molecule has 1 saturated carbocycles. The highest BCUT2D eigenvalue weighted by Crippen LogP contribution is 2.48. The van der Waals surface area contributed by atoms with Crippen LogP contribution < -0.4 is 0 Å². The van der Waals surface area contributed by atoms with Gasteiger partial charge in [-0.2, -0.15) is 0 Å². The highest BCUT2D eigenvalue weighted by Gasteiger charge is 2.63. The lowest BCUT2D eigenvalue weighted by molar-refractivity contribution is -0.162. The first-order valence-corrected chi connectivity index (χ1v) is 7.12. The third-order valence-corrected chi connectivity index (χ3v) is 3.99. The van der Waals surface area contributed by atoms with Gasteiger partial charge in [0, 0.05) is 0 Å². The summed E-state index contributed by atoms with van der Waals surface area (Å²) < 4.78 is 15.4. The molecule has 112 valence electrons. The molecule has 0 amide bonds. The van der Waals surface area contributed by atoms with Crippen LogP contribution in [0.15, 0.2) is 0 Å². The highest BCUT2D eigenvalue weighted by atomic mass is 16.6. The predicted molar refractivity (Wildman–Crippen MR) is 67.5 cm³/mol. The van der Waals surface area contributed by atoms with E-state index in [1.165, 1.54) is 0 Å². The summed E-state index contributed by atoms with van der Waals surface area (Å²) in [6, 6.07) is 0. The molecule has 1 heterocycles. The van der Waals surface area contributed by atoms with Gasteiger partial charge in [-0.25, -0.2) is 0 Å². The number of hydrogen-bond donors (Lipinski definition) is 0. The zero-order valence-electron chi connectivity index (χ0n) is 11.8. The number of esters is 3. The van der Waals surface area contributed by atoms with Crippen LogP contribution in [-0.4, -0.2) is 36.7 Å². The zero-order valence-corrected chi connectivity index (χ0v) is 11.8. The number of rotatable bonds is 4. The first-order valence-electron chi connectivity index (χ1n) is 7.12. The standard InChI is InChI=1S/C14H20O6/c1-3-18-11(15)9-10(13(17)19-4-2)14(20-12(9)16)7-5-6-8-14/h9-10H,3-8H2,1-2H3/t9-,10-/m0/s1. The number of carbonyl (C=O) groups excluding carboxylic acids is 3. The largest absolute Gasteiger partial charge is 0.466 e. The molecule has 1 spiro atoms. The summed E-state index contributed by atoms with van der Waals surface area (Å²) in [7, 11) is 0. The van der Waals surface area contributed by atoms with Crippen LogP contribution in [0.3, 0.4) is 0 Å². The highest BCUT2D eigenvalue weighted by molar-refractivity contribution is 6.02. The maximum absolute atomic E-state index is 12.2. The SMILES string of the molecule is CCOC(=O)[C@H]1C(=O)OC2(CCCC2)[C@@H]1C(=O)OCC. The van der Waals surface area contributed by atoms with Crippen LogP contribution in [0.2, 0.25) is 0 Å². The third-order valence-electron chi connectivity index (χ3n) is 3.99. The van der Waals surface area contributed by atoms with Crippen molar-refractivity contribution in [3.8, 4) is 0 Å². The van der Waals surface area contributed by atoms with E-state index in [2.05, 4.69) is 0 Å². The van der Waals surface area contributed by atoms with Crippen molar-refractivity contribution in [2.45, 2.75) is 45.1 Å². The lowest BCUT2D eigenvalue weighted by Gasteiger charge is -2.28. The Morgan fingerprint density at radius 3 is 2.25 bits per heavy atom. The quantitative estimate of drug-likeness (QED) is 0.438. The fourth-order valence-corrected chi connectivity index (χ4v) is 3.20. The Morgan fingerprint density at radius 2 is 1.70 bits per heavy atom. The average molecular weight is 284 g/mol. The van der Waals surface area contributed by atoms with Crippen molar-refractivity contribution in [2.75, 3.05) is 13.2 Å². The molecular weight excluding hydrogens is 264 g/mol. The lowest BCUT2D eigenvalue weighted by Crippen LogP contribution is -2.42. The molecule has 0 unspecified atom stereocenters. The van der Waals surface area contributed by atoms with Gasteiger partial charge in [-0.1, -0.05) is 0 Å². The van der Waals surface area contributed by atoms with E-state index in [1.54, 1.807) is 13.8 Å². The van der Waals surface area contributed by atoms with E-state index in [-0.39, 0.29) is 13.2 Å². The first kappa shape index (κ1) is 14.8. The second-order valence-corrected chi connectivity index (χ2v) is 5.15. The Hall–Kier alpha value is -1.59. The molecule has 20 heavy (non-hydrogen) atoms. The topological polar surface area (TPSA) is 78.9 Å². The summed E-state index contributed by atoms with van der Waals surface area (Å²) in [6.45, 7) is 3.71. The molecule has 6 nitrogen and oxygen atoms in total. The van der Waals surface area contributed by atoms with Gasteiger partial charge in [-0.05, 0) is 39.5 Å². The Bertz CT molecular complexity index is 410. The molecule has 0 bridgehead atoms. The van der Waals surface area contributed by atoms with Crippen LogP contribution in [-0.2, 0) is 28.6 Å². The van der Waals surface area contributed by atoms with E-state index in [4.69, 9.17) is 14.2 Å². The Morgan fingerprint density at radius 1 is 1.15 bits per heavy atom. The fourth-order valence-electron chi connectivity index (χ4n) is 3.20. The molecule has 0 aromatic heterocycles. The Balaban J connectivity index is 2.31. The summed E-state index contributed by atoms with van der Waals surface area (Å²) >= 11 is 0. The monoisotopic (exact) mass is 284 g/mol. The van der Waals surface area contributed by atoms with E-state index in [0.29, 0.717) is 12.8 Å². The van der Waals surface area contributed by atoms with Gasteiger partial charge in [-0.15, -0.1) is 0 Å². The molecule has 2 fully saturated rings. The van der Waals surface area contributed by atoms with Gasteiger partial charge in [0.25, 0.3) is 0 Å². The number of carbonyl (C=O) groups is 3. The minimum atomic E-state index is -1.19. The minimum Gasteiger partial charge on any atom is -0.466 e. The summed E-state index contributed by atoms with van der Waals surface area (Å²) in [4.78, 5) is 36.2. The number of hydrogen-bond acceptors (Lipinski definition) is 6. The Labute approximate surface area is 117 Å². The number of ether oxygens (including phenoxy) is 3. The van der Waals surface area contributed by atoms with E-state index in [0.717, 1.165) is 12.8 Å². The molecule has 2 aliphatic rings. The normalized spacial score (nSPS) is 27.4. The van der Waals surface area contributed by atoms with Gasteiger partial charge in [0.2, 0.25) is 0 Å². The van der Waals surface area contributed by atoms with Gasteiger partial charge < -0.3 is 14.2 Å². The smallest absolute Gasteiger partial charge is 0.321 e. The van der Waals surface area contributed by atoms with Crippen molar-refractivity contribution < 1.29 is 28.6 Å². The van der Waals surface area contributed by atoms with Crippen LogP contribution in [0.4, 0.5) is 0 Å². The van der Waals surface area contributed by atoms with E-state index in [1.807, 2.05) is 0 Å². The lowest BCUT2D eigenvalue weighted by atomic mass is 9.79. The van der Waals surface area contributed by atoms with Crippen LogP contribution in [0.25, 0.3) is 0 Å². The van der Waals surface area contributed by atoms with Crippen molar-refractivity contribution in [3.63, 3.8) is 0 Å². The molecule has 2 rings (SSSR count). The molecule has 6 heteroatoms. The predicted octanol–water partition coefficient (Wildman–Crippen LogP) is 1.21. The maximum atomic E-state index is 12.2. The van der Waals surface area contributed by atoms with Crippen molar-refractivity contribution in [1.29, 1.82) is 0 Å². The average Bonchev–Trinajstić information content (AvgIpc) is 2.95. The zero-order chi connectivity index (χ0) is 14.8. The van der Waals surface area contributed by atoms with E-state index < -0.39 is 35.3 Å². The van der Waals surface area contributed by atoms with Crippen LogP contribution >= 0.6 is 0 Å². The van der Waals surface area contributed by atoms with Gasteiger partial charge in [0.1, 0.15) is 11.5 Å². The van der Waals surface area contributed by atoms with E-state index in [9.17, 15) is 14.4 Å². The molecule has 1 aliphatic carbocycles. The summed E-state index contributed by atoms with van der Waals surface area (Å²) in [5.41, 5.74) is -0.874. The van der Waals surface area contributed by atoms with Crippen molar-refractivity contribution in [2.24, 2.45) is 11.8 Å². The molecule has 1 saturated heterocycles. The van der Waals surface area contributed by atoms with Crippen molar-refractivity contribution in [1.82, 2.24) is 0 Å². The first-order chi connectivity index (χ1) is 9.55. The molecule has 0 aromatic rings. The molecular formula is C14H20O6. The Kier molecular flexibility index (Phi) is 4.30. The summed E-state index contributed by atoms with van der Waals surface area (Å²) in [5.74, 6) is -3.97. The molecule has 0 N–H and O–H groups in total. The van der Waals surface area contributed by atoms with Crippen LogP contribution in [0.5, 0.6) is 0 Å². The van der Waals surface area contributed by atoms with Gasteiger partial charge >= 0.3 is 17.9 Å². The van der Waals surface area contributed by atoms with Crippen LogP contribution in [0, 0.1) is 11.8 Å². The van der Waals surface area contributed by atoms with Crippen LogP contribution in [0.1, 0.15) is 39.5 Å². The van der Waals surface area contributed by atoms with Gasteiger partial charge in [0.05, 0.1) is 13.2 Å². The van der Waals surface area contributed by atoms with E-state index >= 15 is 0 Å². The second kappa shape index (κ2) is 5.81. The van der Waals surface area contributed by atoms with Crippen molar-refractivity contribution in [3.05, 3.63) is 0 Å². The molecule has 2 atom stereocenters. The fraction of sp³-hybridized carbons (Fsp3) is 0.786. The summed E-state index contributed by atoms with van der Waals surface area (Å²) in [5, 5.41) is 0. The molecule has 0 aromatic carbocycles. The summed E-state index contributed by atoms with van der Waals surface area (Å²) in [6.07, 6.45) is 2.94. The second-order valence-electron chi connectivity index (χ2n) is 5.15. The van der Waals surface area contributed by atoms with Gasteiger partial charge in [-0.3, -0.25) is 14.4 Å². The minimum absolute atomic E-state index is 0.158.